The molecule has 3 aliphatic carbocycles. The fourth-order valence-electron chi connectivity index (χ4n) is 5.36. The van der Waals surface area contributed by atoms with E-state index in [-0.39, 0.29) is 5.78 Å². The molecule has 0 aromatic heterocycles. The van der Waals surface area contributed by atoms with Gasteiger partial charge < -0.3 is 9.47 Å². The highest BCUT2D eigenvalue weighted by molar-refractivity contribution is 5.90. The minimum Gasteiger partial charge on any atom is -0.438 e. The lowest BCUT2D eigenvalue weighted by atomic mass is 9.69. The molecule has 0 saturated heterocycles. The van der Waals surface area contributed by atoms with Crippen LogP contribution in [0, 0.1) is 22.7 Å². The van der Waals surface area contributed by atoms with E-state index in [1.165, 1.54) is 7.11 Å². The lowest BCUT2D eigenvalue weighted by molar-refractivity contribution is -0.138. The second-order valence-electron chi connectivity index (χ2n) is 7.82. The van der Waals surface area contributed by atoms with Crippen molar-refractivity contribution >= 4 is 11.9 Å². The zero-order valence-electron chi connectivity index (χ0n) is 12.8. The molecule has 0 spiro atoms. The monoisotopic (exact) mass is 280 g/mol. The number of hydrogen-bond donors (Lipinski definition) is 0. The van der Waals surface area contributed by atoms with Crippen LogP contribution in [0.15, 0.2) is 0 Å². The molecule has 3 saturated carbocycles. The van der Waals surface area contributed by atoms with Crippen molar-refractivity contribution in [2.45, 2.75) is 58.5 Å². The number of carbonyl (C=O) groups is 2. The summed E-state index contributed by atoms with van der Waals surface area (Å²) in [6.45, 7) is 6.57. The van der Waals surface area contributed by atoms with Gasteiger partial charge in [0.15, 0.2) is 0 Å². The molecule has 112 valence electrons. The van der Waals surface area contributed by atoms with Gasteiger partial charge in [-0.05, 0) is 49.9 Å². The highest BCUT2D eigenvalue weighted by Gasteiger charge is 2.72. The van der Waals surface area contributed by atoms with Gasteiger partial charge in [-0.25, -0.2) is 4.79 Å². The van der Waals surface area contributed by atoms with Crippen molar-refractivity contribution in [1.29, 1.82) is 0 Å². The zero-order valence-corrected chi connectivity index (χ0v) is 12.8. The van der Waals surface area contributed by atoms with Crippen LogP contribution in [-0.2, 0) is 14.3 Å². The van der Waals surface area contributed by atoms with Crippen molar-refractivity contribution in [3.8, 4) is 0 Å². The van der Waals surface area contributed by atoms with Gasteiger partial charge in [0.1, 0.15) is 11.4 Å². The number of fused-ring (bicyclic) bond motifs is 3. The van der Waals surface area contributed by atoms with Crippen molar-refractivity contribution in [2.75, 3.05) is 7.11 Å². The van der Waals surface area contributed by atoms with Gasteiger partial charge in [-0.2, -0.15) is 0 Å². The Balaban J connectivity index is 1.97. The van der Waals surface area contributed by atoms with E-state index in [2.05, 4.69) is 18.6 Å². The summed E-state index contributed by atoms with van der Waals surface area (Å²) < 4.78 is 10.4. The van der Waals surface area contributed by atoms with E-state index in [0.29, 0.717) is 30.1 Å². The van der Waals surface area contributed by atoms with Crippen LogP contribution in [0.4, 0.5) is 4.79 Å². The average Bonchev–Trinajstić information content (AvgIpc) is 2.86. The Morgan fingerprint density at radius 1 is 1.20 bits per heavy atom. The van der Waals surface area contributed by atoms with Crippen molar-refractivity contribution in [1.82, 2.24) is 0 Å². The summed E-state index contributed by atoms with van der Waals surface area (Å²) in [6.07, 6.45) is 3.52. The van der Waals surface area contributed by atoms with Crippen LogP contribution in [0.3, 0.4) is 0 Å². The normalized spacial score (nSPS) is 45.1. The van der Waals surface area contributed by atoms with E-state index in [9.17, 15) is 9.59 Å². The number of ether oxygens (including phenoxy) is 2. The molecule has 4 atom stereocenters. The van der Waals surface area contributed by atoms with Crippen molar-refractivity contribution < 1.29 is 19.1 Å². The lowest BCUT2D eigenvalue weighted by Gasteiger charge is -2.39. The smallest absolute Gasteiger partial charge is 0.438 e. The lowest BCUT2D eigenvalue weighted by Crippen LogP contribution is -2.47. The predicted octanol–water partition coefficient (Wildman–Crippen LogP) is 3.33. The molecule has 0 bridgehead atoms. The first-order chi connectivity index (χ1) is 9.24. The number of ketones is 1. The summed E-state index contributed by atoms with van der Waals surface area (Å²) in [6, 6.07) is 0. The Morgan fingerprint density at radius 2 is 1.90 bits per heavy atom. The summed E-state index contributed by atoms with van der Waals surface area (Å²) in [5, 5.41) is 0. The standard InChI is InChI=1S/C16H24O4/c1-14(2)7-10-8-16(20-13(18)19-4)6-5-12(17)15(16,3)11(10)9-14/h10-11H,5-9H2,1-4H3/t10-,11-,15-,16+/m1/s1. The first-order valence-corrected chi connectivity index (χ1v) is 7.54. The quantitative estimate of drug-likeness (QED) is 0.691. The molecule has 0 aliphatic heterocycles. The molecule has 3 aliphatic rings. The Kier molecular flexibility index (Phi) is 2.77. The molecule has 0 heterocycles. The molecular formula is C16H24O4. The van der Waals surface area contributed by atoms with Crippen LogP contribution >= 0.6 is 0 Å². The Labute approximate surface area is 120 Å². The maximum atomic E-state index is 12.6. The van der Waals surface area contributed by atoms with Gasteiger partial charge in [0.25, 0.3) is 0 Å². The predicted molar refractivity (Wildman–Crippen MR) is 73.2 cm³/mol. The fourth-order valence-corrected chi connectivity index (χ4v) is 5.36. The maximum absolute atomic E-state index is 12.6. The van der Waals surface area contributed by atoms with Gasteiger partial charge in [-0.3, -0.25) is 4.79 Å². The molecule has 3 rings (SSSR count). The highest BCUT2D eigenvalue weighted by Crippen LogP contribution is 2.68. The Bertz CT molecular complexity index is 469. The summed E-state index contributed by atoms with van der Waals surface area (Å²) in [7, 11) is 1.33. The van der Waals surface area contributed by atoms with Crippen LogP contribution in [-0.4, -0.2) is 24.6 Å². The molecule has 0 amide bonds. The molecule has 0 unspecified atom stereocenters. The number of hydrogen-bond acceptors (Lipinski definition) is 4. The molecule has 0 N–H and O–H groups in total. The summed E-state index contributed by atoms with van der Waals surface area (Å²) in [5.74, 6) is 1.10. The summed E-state index contributed by atoms with van der Waals surface area (Å²) in [5.41, 5.74) is -0.846. The maximum Gasteiger partial charge on any atom is 0.508 e. The highest BCUT2D eigenvalue weighted by atomic mass is 16.7. The average molecular weight is 280 g/mol. The molecular weight excluding hydrogens is 256 g/mol. The van der Waals surface area contributed by atoms with Gasteiger partial charge in [-0.1, -0.05) is 13.8 Å². The zero-order chi connectivity index (χ0) is 14.8. The van der Waals surface area contributed by atoms with E-state index in [0.717, 1.165) is 19.3 Å². The molecule has 20 heavy (non-hydrogen) atoms. The van der Waals surface area contributed by atoms with Gasteiger partial charge in [-0.15, -0.1) is 0 Å². The van der Waals surface area contributed by atoms with Gasteiger partial charge in [0.2, 0.25) is 0 Å². The summed E-state index contributed by atoms with van der Waals surface area (Å²) >= 11 is 0. The second kappa shape index (κ2) is 3.99. The molecule has 3 fully saturated rings. The fraction of sp³-hybridized carbons (Fsp3) is 0.875. The molecule has 4 heteroatoms. The summed E-state index contributed by atoms with van der Waals surface area (Å²) in [4.78, 5) is 24.2. The SMILES string of the molecule is COC(=O)O[C@]12CCC(=O)[C@@]1(C)[C@@H]1CC(C)(C)C[C@@H]1C2. The Hall–Kier alpha value is -1.06. The third-order valence-corrected chi connectivity index (χ3v) is 6.22. The third kappa shape index (κ3) is 1.60. The van der Waals surface area contributed by atoms with E-state index < -0.39 is 17.2 Å². The van der Waals surface area contributed by atoms with Gasteiger partial charge in [0, 0.05) is 6.42 Å². The number of Topliss-reactive ketones (excluding diaryl/α,β-unsaturated/α-hetero) is 1. The third-order valence-electron chi connectivity index (χ3n) is 6.22. The van der Waals surface area contributed by atoms with Gasteiger partial charge >= 0.3 is 6.16 Å². The van der Waals surface area contributed by atoms with E-state index in [1.54, 1.807) is 0 Å². The first kappa shape index (κ1) is 13.9. The van der Waals surface area contributed by atoms with Crippen LogP contribution in [0.1, 0.15) is 52.9 Å². The second-order valence-corrected chi connectivity index (χ2v) is 7.82. The number of carbonyl (C=O) groups excluding carboxylic acids is 2. The largest absolute Gasteiger partial charge is 0.508 e. The Morgan fingerprint density at radius 3 is 2.55 bits per heavy atom. The molecule has 0 radical (unpaired) electrons. The number of rotatable bonds is 1. The van der Waals surface area contributed by atoms with Crippen LogP contribution in [0.25, 0.3) is 0 Å². The van der Waals surface area contributed by atoms with Crippen LogP contribution < -0.4 is 0 Å². The van der Waals surface area contributed by atoms with Crippen molar-refractivity contribution in [2.24, 2.45) is 22.7 Å². The first-order valence-electron chi connectivity index (χ1n) is 7.54. The molecule has 0 aromatic rings. The number of methoxy groups -OCH3 is 1. The minimum atomic E-state index is -0.648. The van der Waals surface area contributed by atoms with Gasteiger partial charge in [0.05, 0.1) is 12.5 Å². The van der Waals surface area contributed by atoms with E-state index >= 15 is 0 Å². The molecule has 0 aromatic carbocycles. The van der Waals surface area contributed by atoms with E-state index in [4.69, 9.17) is 4.74 Å². The minimum absolute atomic E-state index is 0.270. The van der Waals surface area contributed by atoms with Crippen molar-refractivity contribution in [3.05, 3.63) is 0 Å². The topological polar surface area (TPSA) is 52.6 Å². The van der Waals surface area contributed by atoms with Crippen molar-refractivity contribution in [3.63, 3.8) is 0 Å². The van der Waals surface area contributed by atoms with Crippen LogP contribution in [0.5, 0.6) is 0 Å². The molecule has 4 nitrogen and oxygen atoms in total. The van der Waals surface area contributed by atoms with E-state index in [1.807, 2.05) is 6.92 Å². The van der Waals surface area contributed by atoms with Crippen LogP contribution in [0.2, 0.25) is 0 Å².